The summed E-state index contributed by atoms with van der Waals surface area (Å²) in [5.74, 6) is 0. The summed E-state index contributed by atoms with van der Waals surface area (Å²) in [7, 11) is 4.16. The summed E-state index contributed by atoms with van der Waals surface area (Å²) in [5, 5.41) is 3.38. The smallest absolute Gasteiger partial charge is 0.0632 e. The monoisotopic (exact) mass is 216 g/mol. The Morgan fingerprint density at radius 1 is 1.42 bits per heavy atom. The van der Waals surface area contributed by atoms with Crippen LogP contribution in [0.25, 0.3) is 0 Å². The van der Waals surface area contributed by atoms with Crippen molar-refractivity contribution in [1.82, 2.24) is 10.2 Å². The molecule has 0 aromatic heterocycles. The molecule has 0 amide bonds. The van der Waals surface area contributed by atoms with Crippen molar-refractivity contribution in [2.75, 3.05) is 40.4 Å². The lowest BCUT2D eigenvalue weighted by Gasteiger charge is -2.26. The first-order valence-electron chi connectivity index (χ1n) is 3.75. The third-order valence-corrected chi connectivity index (χ3v) is 1.58. The Kier molecular flexibility index (Phi) is 10.1. The maximum atomic E-state index is 5.29. The third-order valence-electron chi connectivity index (χ3n) is 1.58. The number of rotatable bonds is 2. The van der Waals surface area contributed by atoms with Crippen LogP contribution in [0.1, 0.15) is 0 Å². The molecule has 1 fully saturated rings. The third kappa shape index (κ3) is 6.03. The number of nitrogens with zero attached hydrogens (tertiary/aromatic N) is 1. The van der Waals surface area contributed by atoms with Gasteiger partial charge in [0.25, 0.3) is 0 Å². The molecular formula is C7H18Cl2N2O. The molecule has 0 saturated carbocycles. The van der Waals surface area contributed by atoms with Gasteiger partial charge in [0, 0.05) is 19.1 Å². The molecule has 76 valence electrons. The highest BCUT2D eigenvalue weighted by Gasteiger charge is 2.12. The summed E-state index contributed by atoms with van der Waals surface area (Å²) in [5.41, 5.74) is 0. The number of halogens is 2. The molecule has 0 aromatic carbocycles. The van der Waals surface area contributed by atoms with Crippen molar-refractivity contribution in [3.8, 4) is 0 Å². The zero-order valence-corrected chi connectivity index (χ0v) is 9.21. The standard InChI is InChI=1S/C7H16N2O.2ClH/c1-9(2)5-7-6-10-4-3-8-7;;/h7-8H,3-6H2,1-2H3;2*1H. The van der Waals surface area contributed by atoms with Crippen LogP contribution < -0.4 is 5.32 Å². The van der Waals surface area contributed by atoms with Crippen LogP contribution in [-0.4, -0.2) is 51.3 Å². The van der Waals surface area contributed by atoms with E-state index in [0.29, 0.717) is 6.04 Å². The second-order valence-corrected chi connectivity index (χ2v) is 2.99. The Bertz CT molecular complexity index is 97.4. The molecule has 1 saturated heterocycles. The van der Waals surface area contributed by atoms with Gasteiger partial charge in [0.05, 0.1) is 13.2 Å². The van der Waals surface area contributed by atoms with Crippen molar-refractivity contribution in [3.63, 3.8) is 0 Å². The average molecular weight is 217 g/mol. The van der Waals surface area contributed by atoms with E-state index in [1.54, 1.807) is 0 Å². The van der Waals surface area contributed by atoms with E-state index in [1.807, 2.05) is 0 Å². The Balaban J connectivity index is 0. The van der Waals surface area contributed by atoms with Crippen LogP contribution in [0.15, 0.2) is 0 Å². The summed E-state index contributed by atoms with van der Waals surface area (Å²) in [6.07, 6.45) is 0. The van der Waals surface area contributed by atoms with Gasteiger partial charge >= 0.3 is 0 Å². The van der Waals surface area contributed by atoms with Crippen LogP contribution in [0, 0.1) is 0 Å². The van der Waals surface area contributed by atoms with Gasteiger partial charge in [-0.1, -0.05) is 0 Å². The van der Waals surface area contributed by atoms with Gasteiger partial charge in [0.15, 0.2) is 0 Å². The van der Waals surface area contributed by atoms with Gasteiger partial charge in [0.2, 0.25) is 0 Å². The lowest BCUT2D eigenvalue weighted by molar-refractivity contribution is 0.0680. The summed E-state index contributed by atoms with van der Waals surface area (Å²) in [6.45, 7) is 3.79. The SMILES string of the molecule is CN(C)CC1COCCN1.Cl.Cl. The Labute approximate surface area is 86.7 Å². The van der Waals surface area contributed by atoms with Gasteiger partial charge in [-0.05, 0) is 14.1 Å². The first-order valence-corrected chi connectivity index (χ1v) is 3.75. The quantitative estimate of drug-likeness (QED) is 0.723. The summed E-state index contributed by atoms with van der Waals surface area (Å²) in [6, 6.07) is 0.531. The molecule has 0 spiro atoms. The van der Waals surface area contributed by atoms with E-state index >= 15 is 0 Å². The molecule has 1 aliphatic heterocycles. The highest BCUT2D eigenvalue weighted by Crippen LogP contribution is 1.93. The fraction of sp³-hybridized carbons (Fsp3) is 1.00. The summed E-state index contributed by atoms with van der Waals surface area (Å²) < 4.78 is 5.29. The molecule has 1 rings (SSSR count). The minimum atomic E-state index is 0. The van der Waals surface area contributed by atoms with E-state index in [2.05, 4.69) is 24.3 Å². The Hall–Kier alpha value is 0.460. The van der Waals surface area contributed by atoms with Crippen molar-refractivity contribution in [3.05, 3.63) is 0 Å². The van der Waals surface area contributed by atoms with E-state index < -0.39 is 0 Å². The number of ether oxygens (including phenoxy) is 1. The average Bonchev–Trinajstić information content (AvgIpc) is 1.88. The maximum absolute atomic E-state index is 5.29. The molecule has 5 heteroatoms. The van der Waals surface area contributed by atoms with E-state index in [0.717, 1.165) is 26.3 Å². The van der Waals surface area contributed by atoms with E-state index in [9.17, 15) is 0 Å². The molecule has 1 unspecified atom stereocenters. The highest BCUT2D eigenvalue weighted by molar-refractivity contribution is 5.85. The predicted octanol–water partition coefficient (Wildman–Crippen LogP) is 0.380. The zero-order valence-electron chi connectivity index (χ0n) is 7.58. The Morgan fingerprint density at radius 2 is 2.08 bits per heavy atom. The van der Waals surface area contributed by atoms with Crippen molar-refractivity contribution in [2.45, 2.75) is 6.04 Å². The summed E-state index contributed by atoms with van der Waals surface area (Å²) >= 11 is 0. The Morgan fingerprint density at radius 3 is 2.50 bits per heavy atom. The molecule has 1 N–H and O–H groups in total. The lowest BCUT2D eigenvalue weighted by atomic mass is 10.3. The fourth-order valence-corrected chi connectivity index (χ4v) is 1.18. The van der Waals surface area contributed by atoms with Gasteiger partial charge in [0.1, 0.15) is 0 Å². The van der Waals surface area contributed by atoms with Gasteiger partial charge in [-0.25, -0.2) is 0 Å². The second kappa shape index (κ2) is 8.08. The first-order chi connectivity index (χ1) is 4.79. The van der Waals surface area contributed by atoms with Crippen LogP contribution >= 0.6 is 24.8 Å². The van der Waals surface area contributed by atoms with Gasteiger partial charge in [-0.2, -0.15) is 0 Å². The van der Waals surface area contributed by atoms with Gasteiger partial charge < -0.3 is 15.0 Å². The molecule has 12 heavy (non-hydrogen) atoms. The normalized spacial score (nSPS) is 22.8. The number of hydrogen-bond donors (Lipinski definition) is 1. The number of morpholine rings is 1. The van der Waals surface area contributed by atoms with Crippen LogP contribution in [0.2, 0.25) is 0 Å². The van der Waals surface area contributed by atoms with Crippen LogP contribution in [0.5, 0.6) is 0 Å². The molecule has 0 aromatic rings. The largest absolute Gasteiger partial charge is 0.378 e. The second-order valence-electron chi connectivity index (χ2n) is 2.99. The fourth-order valence-electron chi connectivity index (χ4n) is 1.18. The molecule has 0 radical (unpaired) electrons. The first kappa shape index (κ1) is 15.0. The van der Waals surface area contributed by atoms with Crippen molar-refractivity contribution < 1.29 is 4.74 Å². The van der Waals surface area contributed by atoms with Crippen molar-refractivity contribution in [2.24, 2.45) is 0 Å². The number of nitrogens with one attached hydrogen (secondary N) is 1. The van der Waals surface area contributed by atoms with Gasteiger partial charge in [-0.15, -0.1) is 24.8 Å². The molecule has 1 heterocycles. The molecule has 1 atom stereocenters. The molecule has 3 nitrogen and oxygen atoms in total. The van der Waals surface area contributed by atoms with Crippen LogP contribution in [0.4, 0.5) is 0 Å². The van der Waals surface area contributed by atoms with Gasteiger partial charge in [-0.3, -0.25) is 0 Å². The van der Waals surface area contributed by atoms with E-state index in [4.69, 9.17) is 4.74 Å². The molecule has 0 aliphatic carbocycles. The van der Waals surface area contributed by atoms with Crippen LogP contribution in [0.3, 0.4) is 0 Å². The van der Waals surface area contributed by atoms with Crippen molar-refractivity contribution in [1.29, 1.82) is 0 Å². The minimum absolute atomic E-state index is 0. The molecule has 0 bridgehead atoms. The predicted molar refractivity (Wildman–Crippen MR) is 55.7 cm³/mol. The zero-order chi connectivity index (χ0) is 7.40. The van der Waals surface area contributed by atoms with Crippen LogP contribution in [-0.2, 0) is 4.74 Å². The van der Waals surface area contributed by atoms with E-state index in [1.165, 1.54) is 0 Å². The topological polar surface area (TPSA) is 24.5 Å². The molecular weight excluding hydrogens is 199 g/mol. The molecule has 1 aliphatic rings. The summed E-state index contributed by atoms with van der Waals surface area (Å²) in [4.78, 5) is 2.17. The lowest BCUT2D eigenvalue weighted by Crippen LogP contribution is -2.46. The minimum Gasteiger partial charge on any atom is -0.378 e. The number of hydrogen-bond acceptors (Lipinski definition) is 3. The van der Waals surface area contributed by atoms with E-state index in [-0.39, 0.29) is 24.8 Å². The van der Waals surface area contributed by atoms with Crippen molar-refractivity contribution >= 4 is 24.8 Å². The maximum Gasteiger partial charge on any atom is 0.0632 e. The highest BCUT2D eigenvalue weighted by atomic mass is 35.5. The number of likely N-dealkylation sites (N-methyl/N-ethyl adjacent to an activating group) is 1.